The van der Waals surface area contributed by atoms with Crippen molar-refractivity contribution >= 4 is 15.7 Å². The summed E-state index contributed by atoms with van der Waals surface area (Å²) in [4.78, 5) is 24.5. The Morgan fingerprint density at radius 3 is 2.45 bits per heavy atom. The monoisotopic (exact) mass is 612 g/mol. The van der Waals surface area contributed by atoms with Gasteiger partial charge in [0.2, 0.25) is 0 Å². The number of hydrogen-bond acceptors (Lipinski definition) is 8. The number of aliphatic hydroxyl groups excluding tert-OH is 1. The Labute approximate surface area is 244 Å². The topological polar surface area (TPSA) is 122 Å². The summed E-state index contributed by atoms with van der Waals surface area (Å²) in [6.45, 7) is 6.29. The second-order valence-corrected chi connectivity index (χ2v) is 13.8. The summed E-state index contributed by atoms with van der Waals surface area (Å²) in [5.41, 5.74) is 2.47. The van der Waals surface area contributed by atoms with E-state index in [2.05, 4.69) is 34.0 Å². The van der Waals surface area contributed by atoms with Gasteiger partial charge in [0.25, 0.3) is 5.91 Å². The van der Waals surface area contributed by atoms with Gasteiger partial charge in [0.1, 0.15) is 6.79 Å². The van der Waals surface area contributed by atoms with E-state index >= 15 is 0 Å². The van der Waals surface area contributed by atoms with E-state index in [1.807, 2.05) is 0 Å². The Hall–Kier alpha value is -2.61. The first-order valence-corrected chi connectivity index (χ1v) is 16.0. The molecule has 9 nitrogen and oxygen atoms in total. The molecule has 3 heterocycles. The van der Waals surface area contributed by atoms with E-state index in [1.165, 1.54) is 31.5 Å². The molecule has 13 heteroatoms. The number of ether oxygens (including phenoxy) is 1. The average molecular weight is 613 g/mol. The zero-order valence-electron chi connectivity index (χ0n) is 24.1. The molecule has 232 valence electrons. The number of amides is 1. The van der Waals surface area contributed by atoms with Crippen LogP contribution in [0.2, 0.25) is 0 Å². The van der Waals surface area contributed by atoms with Gasteiger partial charge in [-0.05, 0) is 61.3 Å². The molecule has 0 radical (unpaired) electrons. The number of carbonyl (C=O) groups is 1. The van der Waals surface area contributed by atoms with Gasteiger partial charge in [-0.2, -0.15) is 13.2 Å². The van der Waals surface area contributed by atoms with Gasteiger partial charge >= 0.3 is 6.18 Å². The maximum Gasteiger partial charge on any atom is 0.391 e. The van der Waals surface area contributed by atoms with Gasteiger partial charge in [0.05, 0.1) is 52.2 Å². The maximum absolute atomic E-state index is 13.3. The summed E-state index contributed by atoms with van der Waals surface area (Å²) in [6.07, 6.45) is 0.0251. The maximum atomic E-state index is 13.3. The first-order valence-electron chi connectivity index (χ1n) is 14.3. The minimum absolute atomic E-state index is 0.00488. The summed E-state index contributed by atoms with van der Waals surface area (Å²) >= 11 is 0. The smallest absolute Gasteiger partial charge is 0.371 e. The van der Waals surface area contributed by atoms with Crippen LogP contribution in [0.4, 0.5) is 13.2 Å². The molecule has 2 aliphatic rings. The molecule has 2 aromatic heterocycles. The molecule has 0 bridgehead atoms. The van der Waals surface area contributed by atoms with E-state index in [9.17, 15) is 26.4 Å². The third-order valence-electron chi connectivity index (χ3n) is 8.28. The van der Waals surface area contributed by atoms with Gasteiger partial charge in [0.15, 0.2) is 9.84 Å². The molecule has 4 rings (SSSR count). The second-order valence-electron chi connectivity index (χ2n) is 11.5. The Bertz CT molecular complexity index is 1330. The Balaban J connectivity index is 1.47. The molecule has 0 unspecified atom stereocenters. The highest BCUT2D eigenvalue weighted by atomic mass is 32.2. The predicted octanol–water partition coefficient (Wildman–Crippen LogP) is 4.59. The highest BCUT2D eigenvalue weighted by Crippen LogP contribution is 2.43. The van der Waals surface area contributed by atoms with Crippen LogP contribution < -0.4 is 5.32 Å². The van der Waals surface area contributed by atoms with Crippen molar-refractivity contribution in [3.05, 3.63) is 53.1 Å². The number of hydrogen-bond donors (Lipinski definition) is 2. The number of carbonyl (C=O) groups excluding carboxylic acids is 1. The SMILES string of the molecule is CCS(=O)(=O)c1ccc([C@@H](COCO)NC(=O)c2cnc3c(c2)CN(C[C@H]2CC[C@@H](C(F)(F)F)CC2)[C@H]3C(C)C)nc1. The van der Waals surface area contributed by atoms with Gasteiger partial charge in [0, 0.05) is 25.5 Å². The molecule has 1 aliphatic carbocycles. The van der Waals surface area contributed by atoms with E-state index in [-0.39, 0.29) is 48.0 Å². The first kappa shape index (κ1) is 32.3. The normalized spacial score (nSPS) is 22.2. The summed E-state index contributed by atoms with van der Waals surface area (Å²) in [5, 5.41) is 12.0. The molecule has 2 atom stereocenters. The molecule has 2 aromatic rings. The largest absolute Gasteiger partial charge is 0.391 e. The molecule has 1 fully saturated rings. The second kappa shape index (κ2) is 13.4. The van der Waals surface area contributed by atoms with E-state index in [4.69, 9.17) is 9.84 Å². The van der Waals surface area contributed by atoms with Crippen LogP contribution in [-0.2, 0) is 21.1 Å². The fourth-order valence-electron chi connectivity index (χ4n) is 6.01. The van der Waals surface area contributed by atoms with Crippen molar-refractivity contribution in [1.82, 2.24) is 20.2 Å². The first-order chi connectivity index (χ1) is 19.8. The lowest BCUT2D eigenvalue weighted by Crippen LogP contribution is -2.35. The van der Waals surface area contributed by atoms with Crippen LogP contribution in [0, 0.1) is 17.8 Å². The molecule has 0 saturated heterocycles. The van der Waals surface area contributed by atoms with Crippen molar-refractivity contribution in [2.75, 3.05) is 25.7 Å². The quantitative estimate of drug-likeness (QED) is 0.354. The van der Waals surface area contributed by atoms with E-state index in [0.29, 0.717) is 37.2 Å². The minimum Gasteiger partial charge on any atom is -0.371 e. The van der Waals surface area contributed by atoms with Crippen LogP contribution in [-0.4, -0.2) is 66.2 Å². The van der Waals surface area contributed by atoms with Crippen LogP contribution in [0.1, 0.15) is 85.8 Å². The van der Waals surface area contributed by atoms with Crippen LogP contribution in [0.3, 0.4) is 0 Å². The Kier molecular flexibility index (Phi) is 10.3. The van der Waals surface area contributed by atoms with E-state index in [1.54, 1.807) is 6.07 Å². The lowest BCUT2D eigenvalue weighted by molar-refractivity contribution is -0.184. The number of alkyl halides is 3. The highest BCUT2D eigenvalue weighted by molar-refractivity contribution is 7.91. The highest BCUT2D eigenvalue weighted by Gasteiger charge is 2.42. The average Bonchev–Trinajstić information content (AvgIpc) is 3.32. The van der Waals surface area contributed by atoms with Crippen molar-refractivity contribution in [3.63, 3.8) is 0 Å². The summed E-state index contributed by atoms with van der Waals surface area (Å²) < 4.78 is 68.8. The van der Waals surface area contributed by atoms with Crippen molar-refractivity contribution in [1.29, 1.82) is 0 Å². The van der Waals surface area contributed by atoms with E-state index in [0.717, 1.165) is 11.3 Å². The van der Waals surface area contributed by atoms with Gasteiger partial charge in [-0.1, -0.05) is 20.8 Å². The van der Waals surface area contributed by atoms with Crippen molar-refractivity contribution < 1.29 is 36.2 Å². The van der Waals surface area contributed by atoms with Crippen LogP contribution in [0.5, 0.6) is 0 Å². The number of aromatic nitrogens is 2. The van der Waals surface area contributed by atoms with Crippen molar-refractivity contribution in [2.45, 2.75) is 76.2 Å². The van der Waals surface area contributed by atoms with Gasteiger partial charge in [-0.15, -0.1) is 0 Å². The summed E-state index contributed by atoms with van der Waals surface area (Å²) in [5.74, 6) is -1.32. The lowest BCUT2D eigenvalue weighted by Gasteiger charge is -2.35. The van der Waals surface area contributed by atoms with Crippen molar-refractivity contribution in [2.24, 2.45) is 17.8 Å². The molecule has 1 saturated carbocycles. The van der Waals surface area contributed by atoms with Crippen LogP contribution in [0.15, 0.2) is 35.5 Å². The van der Waals surface area contributed by atoms with Gasteiger partial charge in [-0.3, -0.25) is 19.7 Å². The standard InChI is InChI=1S/C29H39F3N4O5S/c1-4-42(39,40)23-9-10-24(33-13-23)25(16-41-17-37)35-28(38)20-11-21-15-36(27(18(2)3)26(21)34-12-20)14-19-5-7-22(8-6-19)29(30,31)32/h9-13,18-19,22,25,27,37H,4-8,14-17H2,1-3H3,(H,35,38)/t19-,22+,25-,27+/m1/s1. The predicted molar refractivity (Wildman–Crippen MR) is 149 cm³/mol. The number of pyridine rings is 2. The number of nitrogens with zero attached hydrogens (tertiary/aromatic N) is 3. The Morgan fingerprint density at radius 2 is 1.88 bits per heavy atom. The summed E-state index contributed by atoms with van der Waals surface area (Å²) in [7, 11) is -3.44. The molecule has 0 aromatic carbocycles. The zero-order valence-corrected chi connectivity index (χ0v) is 24.9. The van der Waals surface area contributed by atoms with Gasteiger partial charge in [-0.25, -0.2) is 8.42 Å². The summed E-state index contributed by atoms with van der Waals surface area (Å²) in [6, 6.07) is 3.96. The fourth-order valence-corrected chi connectivity index (χ4v) is 6.83. The number of aliphatic hydroxyl groups is 1. The van der Waals surface area contributed by atoms with Crippen LogP contribution >= 0.6 is 0 Å². The van der Waals surface area contributed by atoms with Crippen molar-refractivity contribution in [3.8, 4) is 0 Å². The number of halogens is 3. The molecular formula is C29H39F3N4O5S. The minimum atomic E-state index is -4.13. The number of sulfone groups is 1. The van der Waals surface area contributed by atoms with Crippen LogP contribution in [0.25, 0.3) is 0 Å². The third-order valence-corrected chi connectivity index (χ3v) is 10.0. The number of fused-ring (bicyclic) bond motifs is 1. The van der Waals surface area contributed by atoms with Gasteiger partial charge < -0.3 is 15.2 Å². The third kappa shape index (κ3) is 7.47. The molecule has 1 amide bonds. The Morgan fingerprint density at radius 1 is 1.17 bits per heavy atom. The molecule has 1 aliphatic heterocycles. The molecule has 42 heavy (non-hydrogen) atoms. The number of nitrogens with one attached hydrogen (secondary N) is 1. The molecule has 0 spiro atoms. The zero-order chi connectivity index (χ0) is 30.7. The lowest BCUT2D eigenvalue weighted by atomic mass is 9.81. The fraction of sp³-hybridized carbons (Fsp3) is 0.621. The molecular weight excluding hydrogens is 573 g/mol. The molecule has 2 N–H and O–H groups in total. The van der Waals surface area contributed by atoms with E-state index < -0.39 is 40.7 Å². The number of rotatable bonds is 11.